The molecule has 2 aromatic carbocycles. The van der Waals surface area contributed by atoms with Crippen LogP contribution < -0.4 is 53.6 Å². The van der Waals surface area contributed by atoms with Gasteiger partial charge < -0.3 is 78.7 Å². The number of nitrogens with one attached hydrogen (secondary N) is 11. The zero-order valence-corrected chi connectivity index (χ0v) is 43.7. The molecule has 2 aliphatic rings. The monoisotopic (exact) mass is 1100 g/mol. The van der Waals surface area contributed by atoms with Crippen molar-refractivity contribution in [2.75, 3.05) is 32.8 Å². The van der Waals surface area contributed by atoms with E-state index in [1.54, 1.807) is 68.6 Å². The number of nitrogens with zero attached hydrogens (tertiary/aromatic N) is 2. The lowest BCUT2D eigenvalue weighted by Crippen LogP contribution is -2.60. The van der Waals surface area contributed by atoms with Crippen LogP contribution in [-0.2, 0) is 72.0 Å². The van der Waals surface area contributed by atoms with Crippen LogP contribution in [0.15, 0.2) is 73.3 Å². The van der Waals surface area contributed by atoms with E-state index in [2.05, 4.69) is 62.8 Å². The molecule has 2 aromatic heterocycles. The lowest BCUT2D eigenvalue weighted by atomic mass is 10.0. The van der Waals surface area contributed by atoms with Gasteiger partial charge in [-0.3, -0.25) is 52.7 Å². The predicted molar refractivity (Wildman–Crippen MR) is 281 cm³/mol. The van der Waals surface area contributed by atoms with Crippen LogP contribution in [0.2, 0.25) is 0 Å². The second-order valence-electron chi connectivity index (χ2n) is 19.7. The summed E-state index contributed by atoms with van der Waals surface area (Å²) in [6.07, 6.45) is 5.16. The number of hydrogen-bond acceptors (Lipinski definition) is 14. The Bertz CT molecular complexity index is 2830. The number of carbonyl (C=O) groups is 11. The Morgan fingerprint density at radius 1 is 0.684 bits per heavy atom. The normalized spacial score (nSPS) is 17.2. The summed E-state index contributed by atoms with van der Waals surface area (Å²) in [6.45, 7) is 0.659. The summed E-state index contributed by atoms with van der Waals surface area (Å²) in [5.74, 6) is -8.67. The molecule has 27 nitrogen and oxygen atoms in total. The maximum Gasteiger partial charge on any atom is 0.248 e. The number of imidazole rings is 1. The highest BCUT2D eigenvalue weighted by Gasteiger charge is 2.39. The highest BCUT2D eigenvalue weighted by atomic mass is 16.3. The van der Waals surface area contributed by atoms with Crippen molar-refractivity contribution < 1.29 is 63.0 Å². The van der Waals surface area contributed by atoms with E-state index in [1.807, 2.05) is 6.07 Å². The predicted octanol–water partition coefficient (Wildman–Crippen LogP) is -4.15. The number of aromatic amines is 2. The SMILES string of the molecule is CC(C)C[C@H](NC(=O)CNC(=O)[C@H](Cc1ccccc1)NC(=O)[C@H](CO)NC(=O)[C@H](Cc1c[nH]c2ccccc12)NC(=O)[C@H](Cc1cnc[nH]1)NC(=O)[C@@H]1CCC(=O)N1)C(=O)N[C@@H](CO)C(=O)N1CCC[C@H]1C(=O)NCC(N)=O. The average Bonchev–Trinajstić information content (AvgIpc) is 4.32. The number of aliphatic hydroxyl groups excluding tert-OH is 2. The first kappa shape index (κ1) is 59.5. The third-order valence-electron chi connectivity index (χ3n) is 13.2. The zero-order chi connectivity index (χ0) is 57.2. The van der Waals surface area contributed by atoms with Crippen LogP contribution in [-0.4, -0.2) is 176 Å². The fourth-order valence-electron chi connectivity index (χ4n) is 9.20. The Hall–Kier alpha value is -8.72. The molecule has 2 fully saturated rings. The van der Waals surface area contributed by atoms with Crippen LogP contribution in [0.25, 0.3) is 10.9 Å². The van der Waals surface area contributed by atoms with E-state index in [-0.39, 0.29) is 63.3 Å². The fraction of sp³-hybridized carbons (Fsp3) is 0.462. The van der Waals surface area contributed by atoms with E-state index in [1.165, 1.54) is 17.4 Å². The number of aromatic nitrogens is 3. The molecule has 0 radical (unpaired) electrons. The van der Waals surface area contributed by atoms with Crippen molar-refractivity contribution in [1.29, 1.82) is 0 Å². The molecule has 79 heavy (non-hydrogen) atoms. The van der Waals surface area contributed by atoms with E-state index < -0.39 is 134 Å². The van der Waals surface area contributed by atoms with E-state index in [9.17, 15) is 63.0 Å². The van der Waals surface area contributed by atoms with Crippen LogP contribution in [0.5, 0.6) is 0 Å². The molecule has 2 aliphatic heterocycles. The molecule has 0 unspecified atom stereocenters. The Balaban J connectivity index is 1.13. The first-order valence-electron chi connectivity index (χ1n) is 25.9. The molecule has 27 heteroatoms. The van der Waals surface area contributed by atoms with Gasteiger partial charge >= 0.3 is 0 Å². The van der Waals surface area contributed by atoms with Crippen LogP contribution in [0.4, 0.5) is 0 Å². The van der Waals surface area contributed by atoms with Gasteiger partial charge in [-0.05, 0) is 48.8 Å². The van der Waals surface area contributed by atoms with Crippen LogP contribution in [0, 0.1) is 5.92 Å². The topological polar surface area (TPSA) is 410 Å². The minimum atomic E-state index is -1.71. The summed E-state index contributed by atoms with van der Waals surface area (Å²) >= 11 is 0. The number of nitrogens with two attached hydrogens (primary N) is 1. The highest BCUT2D eigenvalue weighted by Crippen LogP contribution is 2.21. The van der Waals surface area contributed by atoms with Crippen LogP contribution in [0.3, 0.4) is 0 Å². The van der Waals surface area contributed by atoms with E-state index >= 15 is 0 Å². The number of benzene rings is 2. The number of fused-ring (bicyclic) bond motifs is 1. The minimum absolute atomic E-state index is 0.0522. The van der Waals surface area contributed by atoms with Crippen molar-refractivity contribution in [3.8, 4) is 0 Å². The van der Waals surface area contributed by atoms with Gasteiger partial charge in [-0.2, -0.15) is 0 Å². The summed E-state index contributed by atoms with van der Waals surface area (Å²) in [5, 5.41) is 44.3. The number of carbonyl (C=O) groups excluding carboxylic acids is 11. The summed E-state index contributed by atoms with van der Waals surface area (Å²) in [6, 6.07) is 5.11. The second-order valence-corrected chi connectivity index (χ2v) is 19.7. The van der Waals surface area contributed by atoms with Crippen molar-refractivity contribution in [3.05, 3.63) is 90.1 Å². The van der Waals surface area contributed by atoms with E-state index in [4.69, 9.17) is 5.73 Å². The molecule has 11 amide bonds. The maximum atomic E-state index is 14.4. The molecule has 2 saturated heterocycles. The first-order chi connectivity index (χ1) is 37.8. The summed E-state index contributed by atoms with van der Waals surface area (Å²) in [5.41, 5.74) is 7.48. The fourth-order valence-corrected chi connectivity index (χ4v) is 9.20. The number of aliphatic hydroxyl groups is 2. The number of rotatable bonds is 28. The Morgan fingerprint density at radius 3 is 1.96 bits per heavy atom. The molecule has 6 rings (SSSR count). The zero-order valence-electron chi connectivity index (χ0n) is 43.7. The van der Waals surface area contributed by atoms with Crippen LogP contribution in [0.1, 0.15) is 62.8 Å². The number of H-pyrrole nitrogens is 2. The largest absolute Gasteiger partial charge is 0.394 e. The molecule has 8 atom stereocenters. The van der Waals surface area contributed by atoms with Crippen LogP contribution >= 0.6 is 0 Å². The molecule has 0 aliphatic carbocycles. The lowest BCUT2D eigenvalue weighted by Gasteiger charge is -2.29. The molecular weight excluding hydrogens is 1030 g/mol. The molecule has 0 saturated carbocycles. The quantitative estimate of drug-likeness (QED) is 0.0257. The van der Waals surface area contributed by atoms with Gasteiger partial charge in [0.15, 0.2) is 0 Å². The van der Waals surface area contributed by atoms with Gasteiger partial charge in [-0.15, -0.1) is 0 Å². The molecular formula is C52H68N14O13. The van der Waals surface area contributed by atoms with E-state index in [0.717, 1.165) is 10.9 Å². The van der Waals surface area contributed by atoms with Gasteiger partial charge in [0.25, 0.3) is 0 Å². The van der Waals surface area contributed by atoms with Gasteiger partial charge in [0.05, 0.1) is 32.6 Å². The van der Waals surface area contributed by atoms with E-state index in [0.29, 0.717) is 23.2 Å². The van der Waals surface area contributed by atoms with Gasteiger partial charge in [0, 0.05) is 61.2 Å². The smallest absolute Gasteiger partial charge is 0.248 e. The Kier molecular flexibility index (Phi) is 21.5. The van der Waals surface area contributed by atoms with Crippen molar-refractivity contribution in [3.63, 3.8) is 0 Å². The lowest BCUT2D eigenvalue weighted by molar-refractivity contribution is -0.143. The van der Waals surface area contributed by atoms with Crippen molar-refractivity contribution in [1.82, 2.24) is 67.7 Å². The van der Waals surface area contributed by atoms with Gasteiger partial charge in [-0.25, -0.2) is 4.98 Å². The number of para-hydroxylation sites is 1. The van der Waals surface area contributed by atoms with Crippen molar-refractivity contribution >= 4 is 75.9 Å². The molecule has 0 bridgehead atoms. The first-order valence-corrected chi connectivity index (χ1v) is 25.9. The molecule has 4 aromatic rings. The number of likely N-dealkylation sites (tertiary alicyclic amines) is 1. The molecule has 15 N–H and O–H groups in total. The Labute approximate surface area is 453 Å². The molecule has 0 spiro atoms. The number of hydrogen-bond donors (Lipinski definition) is 14. The summed E-state index contributed by atoms with van der Waals surface area (Å²) < 4.78 is 0. The summed E-state index contributed by atoms with van der Waals surface area (Å²) in [4.78, 5) is 158. The van der Waals surface area contributed by atoms with Gasteiger partial charge in [-0.1, -0.05) is 62.4 Å². The Morgan fingerprint density at radius 2 is 1.32 bits per heavy atom. The third kappa shape index (κ3) is 17.1. The minimum Gasteiger partial charge on any atom is -0.394 e. The number of primary amides is 1. The van der Waals surface area contributed by atoms with Gasteiger partial charge in [0.1, 0.15) is 48.3 Å². The summed E-state index contributed by atoms with van der Waals surface area (Å²) in [7, 11) is 0. The number of amides is 11. The molecule has 4 heterocycles. The molecule has 424 valence electrons. The standard InChI is InChI=1S/C52H68N14O13/c1-28(2)17-35(47(74)65-40(26-68)52(79)66-16-8-13-41(66)51(78)56-23-42(53)69)60-44(71)24-57-45(72)36(18-29-9-4-3-5-10-29)61-50(77)39(25-67)64-48(75)37(19-30-21-55-33-12-7-6-11-32(30)33)62-49(76)38(20-31-22-54-27-58-31)63-46(73)34-14-15-43(70)59-34/h3-7,9-12,21-22,27-28,34-41,55,67-68H,8,13-20,23-26H2,1-2H3,(H2,53,69)(H,54,58)(H,56,78)(H,57,72)(H,59,70)(H,60,71)(H,61,77)(H,62,76)(H,63,73)(H,64,75)(H,65,74)/t34-,35-,36-,37-,38-,39-,40-,41-/m0/s1. The second kappa shape index (κ2) is 28.6. The highest BCUT2D eigenvalue weighted by molar-refractivity contribution is 5.99. The van der Waals surface area contributed by atoms with Crippen molar-refractivity contribution in [2.45, 2.75) is 114 Å². The third-order valence-corrected chi connectivity index (χ3v) is 13.2. The average molecular weight is 1100 g/mol. The maximum absolute atomic E-state index is 14.4. The van der Waals surface area contributed by atoms with Gasteiger partial charge in [0.2, 0.25) is 65.0 Å². The van der Waals surface area contributed by atoms with Crippen molar-refractivity contribution in [2.24, 2.45) is 11.7 Å².